The Balaban J connectivity index is 1.40. The molecule has 1 fully saturated rings. The average Bonchev–Trinajstić information content (AvgIpc) is 3.32. The molecule has 0 spiro atoms. The zero-order valence-electron chi connectivity index (χ0n) is 15.4. The highest BCUT2D eigenvalue weighted by Crippen LogP contribution is 2.30. The number of rotatable bonds is 6. The minimum Gasteiger partial charge on any atom is -0.299 e. The molecule has 0 atom stereocenters. The van der Waals surface area contributed by atoms with Crippen molar-refractivity contribution < 1.29 is 9.59 Å². The maximum atomic E-state index is 12.3. The summed E-state index contributed by atoms with van der Waals surface area (Å²) in [5.74, 6) is 0.951. The maximum absolute atomic E-state index is 12.3. The van der Waals surface area contributed by atoms with Gasteiger partial charge in [-0.25, -0.2) is 14.6 Å². The summed E-state index contributed by atoms with van der Waals surface area (Å²) in [5.41, 5.74) is 2.90. The van der Waals surface area contributed by atoms with Crippen LogP contribution in [0.3, 0.4) is 0 Å². The third-order valence-electron chi connectivity index (χ3n) is 4.86. The lowest BCUT2D eigenvalue weighted by Crippen LogP contribution is -2.12. The van der Waals surface area contributed by atoms with Crippen molar-refractivity contribution in [2.45, 2.75) is 19.3 Å². The number of benzene rings is 1. The second kappa shape index (κ2) is 6.93. The van der Waals surface area contributed by atoms with Gasteiger partial charge in [-0.3, -0.25) is 14.9 Å². The van der Waals surface area contributed by atoms with Crippen molar-refractivity contribution in [2.24, 2.45) is 5.92 Å². The van der Waals surface area contributed by atoms with Crippen molar-refractivity contribution in [3.63, 3.8) is 0 Å². The first-order chi connectivity index (χ1) is 14.2. The van der Waals surface area contributed by atoms with E-state index >= 15 is 0 Å². The Kier molecular flexibility index (Phi) is 4.12. The topological polar surface area (TPSA) is 118 Å². The van der Waals surface area contributed by atoms with Gasteiger partial charge in [-0.05, 0) is 37.1 Å². The fourth-order valence-electron chi connectivity index (χ4n) is 3.19. The van der Waals surface area contributed by atoms with E-state index in [0.717, 1.165) is 24.1 Å². The highest BCUT2D eigenvalue weighted by atomic mass is 16.1. The number of carbonyl (C=O) groups is 2. The normalized spacial score (nSPS) is 13.5. The van der Waals surface area contributed by atoms with Crippen molar-refractivity contribution >= 4 is 23.3 Å². The molecule has 0 aliphatic heterocycles. The molecule has 9 nitrogen and oxygen atoms in total. The van der Waals surface area contributed by atoms with Crippen molar-refractivity contribution in [1.82, 2.24) is 29.8 Å². The summed E-state index contributed by atoms with van der Waals surface area (Å²) in [6.45, 7) is 0. The number of Topliss-reactive ketones (excluding diaryl/α,β-unsaturated/α-hetero) is 1. The molecule has 29 heavy (non-hydrogen) atoms. The largest absolute Gasteiger partial charge is 0.299 e. The average molecular weight is 387 g/mol. The summed E-state index contributed by atoms with van der Waals surface area (Å²) in [5, 5.41) is 13.5. The Labute approximate surface area is 165 Å². The summed E-state index contributed by atoms with van der Waals surface area (Å²) in [6.07, 6.45) is 3.55. The molecule has 9 heteroatoms. The third kappa shape index (κ3) is 3.49. The molecule has 3 heterocycles. The fourth-order valence-corrected chi connectivity index (χ4v) is 3.19. The molecule has 0 bridgehead atoms. The van der Waals surface area contributed by atoms with Gasteiger partial charge in [0.05, 0.1) is 12.1 Å². The predicted molar refractivity (Wildman–Crippen MR) is 104 cm³/mol. The molecule has 2 N–H and O–H groups in total. The molecule has 1 aliphatic rings. The number of hydrogen-bond donors (Lipinski definition) is 2. The summed E-state index contributed by atoms with van der Waals surface area (Å²) < 4.78 is 1.74. The Morgan fingerprint density at radius 2 is 1.97 bits per heavy atom. The number of amides is 1. The quantitative estimate of drug-likeness (QED) is 0.524. The molecule has 144 valence electrons. The van der Waals surface area contributed by atoms with Crippen LogP contribution in [0.1, 0.15) is 29.0 Å². The van der Waals surface area contributed by atoms with Crippen LogP contribution in [0.15, 0.2) is 48.8 Å². The lowest BCUT2D eigenvalue weighted by atomic mass is 10.1. The minimum atomic E-state index is -0.284. The number of fused-ring (bicyclic) bond motifs is 1. The van der Waals surface area contributed by atoms with Gasteiger partial charge in [0.15, 0.2) is 11.5 Å². The summed E-state index contributed by atoms with van der Waals surface area (Å²) >= 11 is 0. The number of anilines is 1. The summed E-state index contributed by atoms with van der Waals surface area (Å²) in [6, 6.07) is 12.8. The fraction of sp³-hybridized carbons (Fsp3) is 0.200. The Morgan fingerprint density at radius 1 is 1.14 bits per heavy atom. The molecule has 1 amide bonds. The number of pyridine rings is 1. The smallest absolute Gasteiger partial charge is 0.258 e. The van der Waals surface area contributed by atoms with E-state index in [1.165, 1.54) is 6.33 Å². The lowest BCUT2D eigenvalue weighted by Gasteiger charge is -2.06. The summed E-state index contributed by atoms with van der Waals surface area (Å²) in [4.78, 5) is 32.7. The molecule has 0 unspecified atom stereocenters. The van der Waals surface area contributed by atoms with E-state index in [0.29, 0.717) is 23.0 Å². The van der Waals surface area contributed by atoms with E-state index in [9.17, 15) is 9.59 Å². The molecule has 1 saturated carbocycles. The first kappa shape index (κ1) is 17.2. The number of hydrogen-bond acceptors (Lipinski definition) is 6. The van der Waals surface area contributed by atoms with Crippen LogP contribution in [0.5, 0.6) is 0 Å². The van der Waals surface area contributed by atoms with Gasteiger partial charge in [0, 0.05) is 17.0 Å². The van der Waals surface area contributed by atoms with Crippen LogP contribution in [0.4, 0.5) is 5.95 Å². The van der Waals surface area contributed by atoms with E-state index < -0.39 is 0 Å². The number of nitrogens with one attached hydrogen (secondary N) is 2. The second-order valence-corrected chi connectivity index (χ2v) is 6.99. The van der Waals surface area contributed by atoms with E-state index in [1.807, 2.05) is 30.3 Å². The van der Waals surface area contributed by atoms with E-state index in [-0.39, 0.29) is 24.0 Å². The van der Waals surface area contributed by atoms with Gasteiger partial charge in [0.25, 0.3) is 5.91 Å². The minimum absolute atomic E-state index is 0.191. The monoisotopic (exact) mass is 387 g/mol. The van der Waals surface area contributed by atoms with E-state index in [2.05, 4.69) is 30.6 Å². The molecule has 1 aromatic carbocycles. The third-order valence-corrected chi connectivity index (χ3v) is 4.86. The number of H-pyrrole nitrogens is 1. The number of aromatic amines is 1. The Morgan fingerprint density at radius 3 is 2.69 bits per heavy atom. The molecule has 1 aliphatic carbocycles. The standard InChI is InChI=1S/C20H17N7O2/c28-16(13-6-7-13)10-17-23-18-3-1-2-15(27(18)26-17)12-4-8-14(9-5-12)19(29)24-20-21-11-22-25-20/h1-5,8-9,11,13H,6-7,10H2,(H2,21,22,24,25,29). The number of nitrogens with zero attached hydrogens (tertiary/aromatic N) is 5. The van der Waals surface area contributed by atoms with Gasteiger partial charge in [-0.15, -0.1) is 0 Å². The first-order valence-electron chi connectivity index (χ1n) is 9.32. The van der Waals surface area contributed by atoms with Crippen LogP contribution in [0.25, 0.3) is 16.9 Å². The molecule has 4 aromatic rings. The highest BCUT2D eigenvalue weighted by molar-refractivity contribution is 6.03. The first-order valence-corrected chi connectivity index (χ1v) is 9.32. The van der Waals surface area contributed by atoms with Crippen molar-refractivity contribution in [1.29, 1.82) is 0 Å². The van der Waals surface area contributed by atoms with E-state index in [4.69, 9.17) is 0 Å². The van der Waals surface area contributed by atoms with Gasteiger partial charge < -0.3 is 0 Å². The second-order valence-electron chi connectivity index (χ2n) is 6.99. The molecule has 3 aromatic heterocycles. The van der Waals surface area contributed by atoms with Crippen LogP contribution >= 0.6 is 0 Å². The van der Waals surface area contributed by atoms with Crippen LogP contribution in [-0.4, -0.2) is 41.5 Å². The van der Waals surface area contributed by atoms with Gasteiger partial charge in [-0.2, -0.15) is 15.2 Å². The van der Waals surface area contributed by atoms with Crippen LogP contribution in [0, 0.1) is 5.92 Å². The molecule has 5 rings (SSSR count). The molecule has 0 radical (unpaired) electrons. The van der Waals surface area contributed by atoms with Crippen LogP contribution < -0.4 is 5.32 Å². The number of aromatic nitrogens is 6. The predicted octanol–water partition coefficient (Wildman–Crippen LogP) is 2.29. The zero-order valence-corrected chi connectivity index (χ0v) is 15.4. The van der Waals surface area contributed by atoms with Gasteiger partial charge in [0.1, 0.15) is 12.1 Å². The molecule has 0 saturated heterocycles. The van der Waals surface area contributed by atoms with Gasteiger partial charge in [0.2, 0.25) is 5.95 Å². The van der Waals surface area contributed by atoms with Crippen LogP contribution in [-0.2, 0) is 11.2 Å². The maximum Gasteiger partial charge on any atom is 0.258 e. The number of carbonyl (C=O) groups excluding carboxylic acids is 2. The van der Waals surface area contributed by atoms with Crippen LogP contribution in [0.2, 0.25) is 0 Å². The van der Waals surface area contributed by atoms with Crippen molar-refractivity contribution in [3.8, 4) is 11.3 Å². The van der Waals surface area contributed by atoms with Gasteiger partial charge in [-0.1, -0.05) is 18.2 Å². The van der Waals surface area contributed by atoms with E-state index in [1.54, 1.807) is 16.6 Å². The molecular formula is C20H17N7O2. The number of ketones is 1. The highest BCUT2D eigenvalue weighted by Gasteiger charge is 2.30. The summed E-state index contributed by atoms with van der Waals surface area (Å²) in [7, 11) is 0. The van der Waals surface area contributed by atoms with Crippen molar-refractivity contribution in [2.75, 3.05) is 5.32 Å². The Hall–Kier alpha value is -3.88. The Bertz CT molecular complexity index is 1190. The lowest BCUT2D eigenvalue weighted by molar-refractivity contribution is -0.119. The van der Waals surface area contributed by atoms with Gasteiger partial charge >= 0.3 is 0 Å². The zero-order chi connectivity index (χ0) is 19.8. The van der Waals surface area contributed by atoms with Crippen molar-refractivity contribution in [3.05, 3.63) is 60.2 Å². The SMILES string of the molecule is O=C(Nc1ncn[nH]1)c1ccc(-c2cccc3nc(CC(=O)C4CC4)nn23)cc1. The molecular weight excluding hydrogens is 370 g/mol.